The van der Waals surface area contributed by atoms with Gasteiger partial charge in [0.25, 0.3) is 5.91 Å². The molecule has 0 bridgehead atoms. The first-order valence-electron chi connectivity index (χ1n) is 8.53. The first-order chi connectivity index (χ1) is 12.6. The fourth-order valence-corrected chi connectivity index (χ4v) is 5.19. The Morgan fingerprint density at radius 1 is 1.31 bits per heavy atom. The van der Waals surface area contributed by atoms with Crippen LogP contribution in [0.25, 0.3) is 0 Å². The van der Waals surface area contributed by atoms with E-state index < -0.39 is 5.91 Å². The molecule has 0 atom stereocenters. The molecule has 1 aliphatic rings. The van der Waals surface area contributed by atoms with Gasteiger partial charge in [-0.25, -0.2) is 0 Å². The van der Waals surface area contributed by atoms with Crippen LogP contribution in [0.3, 0.4) is 0 Å². The van der Waals surface area contributed by atoms with Crippen LogP contribution in [-0.2, 0) is 23.4 Å². The van der Waals surface area contributed by atoms with Gasteiger partial charge in [0.15, 0.2) is 0 Å². The number of anilines is 1. The van der Waals surface area contributed by atoms with Crippen molar-refractivity contribution in [3.63, 3.8) is 0 Å². The maximum absolute atomic E-state index is 12.3. The summed E-state index contributed by atoms with van der Waals surface area (Å²) in [7, 11) is 1.64. The van der Waals surface area contributed by atoms with E-state index in [2.05, 4.69) is 5.32 Å². The van der Waals surface area contributed by atoms with Crippen molar-refractivity contribution in [1.82, 2.24) is 0 Å². The lowest BCUT2D eigenvalue weighted by molar-refractivity contribution is -0.113. The molecule has 26 heavy (non-hydrogen) atoms. The molecule has 1 aromatic carbocycles. The fourth-order valence-electron chi connectivity index (χ4n) is 3.10. The Kier molecular flexibility index (Phi) is 6.21. The number of amides is 2. The molecule has 3 rings (SSSR count). The molecule has 2 aromatic rings. The molecule has 1 aliphatic carbocycles. The van der Waals surface area contributed by atoms with E-state index in [1.165, 1.54) is 28.0 Å². The van der Waals surface area contributed by atoms with Crippen molar-refractivity contribution in [3.05, 3.63) is 45.8 Å². The fraction of sp³-hybridized carbons (Fsp3) is 0.368. The highest BCUT2D eigenvalue weighted by atomic mass is 32.2. The van der Waals surface area contributed by atoms with Gasteiger partial charge in [0.2, 0.25) is 5.91 Å². The van der Waals surface area contributed by atoms with E-state index in [9.17, 15) is 9.59 Å². The SMILES string of the molecule is COc1cccc(CSCC(=O)Nc2sc3c(c2C(N)=O)CCCC3)c1. The van der Waals surface area contributed by atoms with E-state index in [0.29, 0.717) is 22.1 Å². The first-order valence-corrected chi connectivity index (χ1v) is 10.5. The maximum atomic E-state index is 12.3. The monoisotopic (exact) mass is 390 g/mol. The van der Waals surface area contributed by atoms with E-state index >= 15 is 0 Å². The summed E-state index contributed by atoms with van der Waals surface area (Å²) in [6.07, 6.45) is 4.01. The van der Waals surface area contributed by atoms with Crippen LogP contribution >= 0.6 is 23.1 Å². The number of carbonyl (C=O) groups excluding carboxylic acids is 2. The third kappa shape index (κ3) is 4.40. The van der Waals surface area contributed by atoms with Crippen molar-refractivity contribution in [2.75, 3.05) is 18.2 Å². The number of thiophene rings is 1. The third-order valence-corrected chi connectivity index (χ3v) is 6.52. The van der Waals surface area contributed by atoms with Crippen LogP contribution in [0.4, 0.5) is 5.00 Å². The van der Waals surface area contributed by atoms with Crippen molar-refractivity contribution >= 4 is 39.9 Å². The number of thioether (sulfide) groups is 1. The van der Waals surface area contributed by atoms with Crippen LogP contribution in [0.15, 0.2) is 24.3 Å². The van der Waals surface area contributed by atoms with Crippen LogP contribution in [-0.4, -0.2) is 24.7 Å². The number of aryl methyl sites for hydroxylation is 1. The summed E-state index contributed by atoms with van der Waals surface area (Å²) in [5.74, 6) is 1.28. The summed E-state index contributed by atoms with van der Waals surface area (Å²) < 4.78 is 5.21. The Bertz CT molecular complexity index is 817. The number of methoxy groups -OCH3 is 1. The Morgan fingerprint density at radius 3 is 2.88 bits per heavy atom. The van der Waals surface area contributed by atoms with Gasteiger partial charge < -0.3 is 15.8 Å². The van der Waals surface area contributed by atoms with E-state index in [0.717, 1.165) is 42.6 Å². The molecule has 5 nitrogen and oxygen atoms in total. The number of nitrogens with one attached hydrogen (secondary N) is 1. The second kappa shape index (κ2) is 8.60. The van der Waals surface area contributed by atoms with E-state index in [1.54, 1.807) is 7.11 Å². The van der Waals surface area contributed by atoms with Crippen LogP contribution in [0.5, 0.6) is 5.75 Å². The number of rotatable bonds is 7. The lowest BCUT2D eigenvalue weighted by Crippen LogP contribution is -2.19. The number of carbonyl (C=O) groups is 2. The molecule has 3 N–H and O–H groups in total. The average molecular weight is 391 g/mol. The van der Waals surface area contributed by atoms with Gasteiger partial charge in [0.05, 0.1) is 18.4 Å². The zero-order valence-corrected chi connectivity index (χ0v) is 16.3. The van der Waals surface area contributed by atoms with Gasteiger partial charge in [-0.3, -0.25) is 9.59 Å². The molecule has 0 saturated carbocycles. The number of hydrogen-bond donors (Lipinski definition) is 2. The van der Waals surface area contributed by atoms with E-state index in [1.807, 2.05) is 24.3 Å². The molecule has 0 aliphatic heterocycles. The van der Waals surface area contributed by atoms with Gasteiger partial charge in [-0.2, -0.15) is 0 Å². The summed E-state index contributed by atoms with van der Waals surface area (Å²) in [5, 5.41) is 3.50. The summed E-state index contributed by atoms with van der Waals surface area (Å²) in [6, 6.07) is 7.80. The van der Waals surface area contributed by atoms with Gasteiger partial charge in [-0.1, -0.05) is 12.1 Å². The molecule has 0 radical (unpaired) electrons. The Balaban J connectivity index is 1.59. The number of ether oxygens (including phenoxy) is 1. The predicted molar refractivity (Wildman–Crippen MR) is 107 cm³/mol. The highest BCUT2D eigenvalue weighted by molar-refractivity contribution is 7.99. The summed E-state index contributed by atoms with van der Waals surface area (Å²) in [6.45, 7) is 0. The molecule has 138 valence electrons. The standard InChI is InChI=1S/C19H22N2O3S2/c1-24-13-6-4-5-12(9-13)10-25-11-16(22)21-19-17(18(20)23)14-7-2-3-8-15(14)26-19/h4-6,9H,2-3,7-8,10-11H2,1H3,(H2,20,23)(H,21,22). The van der Waals surface area contributed by atoms with Crippen LogP contribution in [0, 0.1) is 0 Å². The molecule has 0 fully saturated rings. The topological polar surface area (TPSA) is 81.4 Å². The zero-order valence-electron chi connectivity index (χ0n) is 14.7. The molecule has 0 saturated heterocycles. The van der Waals surface area contributed by atoms with Crippen LogP contribution < -0.4 is 15.8 Å². The van der Waals surface area contributed by atoms with Gasteiger partial charge in [0.1, 0.15) is 10.8 Å². The van der Waals surface area contributed by atoms with Crippen molar-refractivity contribution in [1.29, 1.82) is 0 Å². The van der Waals surface area contributed by atoms with Crippen molar-refractivity contribution in [3.8, 4) is 5.75 Å². The minimum Gasteiger partial charge on any atom is -0.497 e. The minimum absolute atomic E-state index is 0.112. The molecule has 2 amide bonds. The first kappa shape index (κ1) is 18.8. The number of nitrogens with two attached hydrogens (primary N) is 1. The van der Waals surface area contributed by atoms with Crippen molar-refractivity contribution in [2.45, 2.75) is 31.4 Å². The molecular weight excluding hydrogens is 368 g/mol. The molecule has 7 heteroatoms. The Labute approximate surface area is 161 Å². The second-order valence-electron chi connectivity index (χ2n) is 6.17. The van der Waals surface area contributed by atoms with E-state index in [-0.39, 0.29) is 5.91 Å². The third-order valence-electron chi connectivity index (χ3n) is 4.31. The highest BCUT2D eigenvalue weighted by Crippen LogP contribution is 2.37. The zero-order chi connectivity index (χ0) is 18.5. The molecule has 0 spiro atoms. The van der Waals surface area contributed by atoms with Crippen LogP contribution in [0.1, 0.15) is 39.2 Å². The van der Waals surface area contributed by atoms with E-state index in [4.69, 9.17) is 10.5 Å². The highest BCUT2D eigenvalue weighted by Gasteiger charge is 2.24. The second-order valence-corrected chi connectivity index (χ2v) is 8.26. The lowest BCUT2D eigenvalue weighted by atomic mass is 9.95. The van der Waals surface area contributed by atoms with Gasteiger partial charge in [-0.15, -0.1) is 23.1 Å². The predicted octanol–water partition coefficient (Wildman–Crippen LogP) is 3.61. The number of hydrogen-bond acceptors (Lipinski definition) is 5. The maximum Gasteiger partial charge on any atom is 0.251 e. The van der Waals surface area contributed by atoms with Crippen molar-refractivity contribution < 1.29 is 14.3 Å². The largest absolute Gasteiger partial charge is 0.497 e. The summed E-state index contributed by atoms with van der Waals surface area (Å²) >= 11 is 3.02. The number of primary amides is 1. The van der Waals surface area contributed by atoms with Gasteiger partial charge >= 0.3 is 0 Å². The van der Waals surface area contributed by atoms with Crippen molar-refractivity contribution in [2.24, 2.45) is 5.73 Å². The smallest absolute Gasteiger partial charge is 0.251 e. The molecule has 0 unspecified atom stereocenters. The number of fused-ring (bicyclic) bond motifs is 1. The molecular formula is C19H22N2O3S2. The Hall–Kier alpha value is -1.99. The van der Waals surface area contributed by atoms with Crippen LogP contribution in [0.2, 0.25) is 0 Å². The minimum atomic E-state index is -0.455. The quantitative estimate of drug-likeness (QED) is 0.757. The average Bonchev–Trinajstić information content (AvgIpc) is 2.99. The Morgan fingerprint density at radius 2 is 2.12 bits per heavy atom. The molecule has 1 heterocycles. The molecule has 1 aromatic heterocycles. The van der Waals surface area contributed by atoms with Gasteiger partial charge in [0, 0.05) is 10.6 Å². The normalized spacial score (nSPS) is 13.1. The summed E-state index contributed by atoms with van der Waals surface area (Å²) in [5.41, 5.74) is 8.21. The number of benzene rings is 1. The summed E-state index contributed by atoms with van der Waals surface area (Å²) in [4.78, 5) is 25.4. The van der Waals surface area contributed by atoms with Gasteiger partial charge in [-0.05, 0) is 48.9 Å². The lowest BCUT2D eigenvalue weighted by Gasteiger charge is -2.11.